The number of nitrogens with two attached hydrogens (primary N) is 2. The number of aldehydes is 2. The van der Waals surface area contributed by atoms with Gasteiger partial charge >= 0.3 is 36.4 Å². The summed E-state index contributed by atoms with van der Waals surface area (Å²) < 4.78 is 26.3. The maximum atomic E-state index is 11.7. The van der Waals surface area contributed by atoms with E-state index in [2.05, 4.69) is 88.3 Å². The Morgan fingerprint density at radius 3 is 1.18 bits per heavy atom. The van der Waals surface area contributed by atoms with Crippen LogP contribution in [0.1, 0.15) is 57.8 Å². The summed E-state index contributed by atoms with van der Waals surface area (Å²) in [4.78, 5) is 85.7. The van der Waals surface area contributed by atoms with Crippen LogP contribution in [0.2, 0.25) is 0 Å². The van der Waals surface area contributed by atoms with Gasteiger partial charge in [-0.3, -0.25) is 4.79 Å². The first kappa shape index (κ1) is 55.1. The molecular weight excluding hydrogens is 1020 g/mol. The average Bonchev–Trinajstić information content (AvgIpc) is 3.15. The molecule has 22 heteroatoms. The number of amides is 5. The molecule has 0 aromatic rings. The molecule has 2 fully saturated rings. The van der Waals surface area contributed by atoms with Gasteiger partial charge in [0.1, 0.15) is 18.7 Å². The van der Waals surface area contributed by atoms with Crippen LogP contribution in [0.25, 0.3) is 0 Å². The van der Waals surface area contributed by atoms with Gasteiger partial charge in [0.15, 0.2) is 0 Å². The van der Waals surface area contributed by atoms with E-state index in [1.54, 1.807) is 0 Å². The second kappa shape index (κ2) is 35.7. The summed E-state index contributed by atoms with van der Waals surface area (Å²) in [5.41, 5.74) is 8.86. The van der Waals surface area contributed by atoms with Crippen molar-refractivity contribution in [3.05, 3.63) is 0 Å². The Balaban J connectivity index is -0.000000389. The van der Waals surface area contributed by atoms with Crippen LogP contribution in [0.3, 0.4) is 0 Å². The standard InChI is InChI=1S/C17H29N3O8.C8H12O2.2C2H5NO2.I2.HI/c1-25-13(21)9-12(18-15(22)26-2)10-5-7-11(8-6-10)14(19-16(23)27-3)20-17(24)28-4;9-5-7-1-2-8(6-10)4-3-7;2*1-5-2(3)4;1-2;/h10-12,14H,5-9H2,1-4H3,(H,18,22)(H,19,23)(H,20,24);5-8H,1-4H2;2*1H3,(H2,3,4);;1H. The second-order valence-corrected chi connectivity index (χ2v) is 10.4. The number of hydrogen-bond donors (Lipinski definition) is 5. The highest BCUT2D eigenvalue weighted by Crippen LogP contribution is 2.33. The molecule has 1 unspecified atom stereocenters. The number of methoxy groups -OCH3 is 6. The molecule has 19 nitrogen and oxygen atoms in total. The number of carbonyl (C=O) groups excluding carboxylic acids is 8. The lowest BCUT2D eigenvalue weighted by Gasteiger charge is -2.36. The fourth-order valence-corrected chi connectivity index (χ4v) is 4.75. The van der Waals surface area contributed by atoms with Gasteiger partial charge in [-0.2, -0.15) is 0 Å². The largest absolute Gasteiger partial charge is 0.469 e. The molecule has 0 aromatic heterocycles. The molecule has 2 rings (SSSR count). The molecule has 5 amide bonds. The predicted molar refractivity (Wildman–Crippen MR) is 210 cm³/mol. The van der Waals surface area contributed by atoms with Gasteiger partial charge in [0, 0.05) is 55.1 Å². The fraction of sp³-hybridized carbons (Fsp3) is 0.724. The monoisotopic (exact) mass is 1080 g/mol. The normalized spacial score (nSPS) is 18.8. The lowest BCUT2D eigenvalue weighted by molar-refractivity contribution is -0.141. The number of hydrogen-bond acceptors (Lipinski definition) is 14. The number of halogens is 3. The van der Waals surface area contributed by atoms with Crippen LogP contribution < -0.4 is 27.4 Å². The zero-order valence-electron chi connectivity index (χ0n) is 29.5. The molecule has 298 valence electrons. The molecule has 51 heavy (non-hydrogen) atoms. The van der Waals surface area contributed by atoms with Crippen molar-refractivity contribution >= 4 is 110 Å². The van der Waals surface area contributed by atoms with Crippen molar-refractivity contribution in [3.63, 3.8) is 0 Å². The van der Waals surface area contributed by atoms with Crippen LogP contribution in [-0.4, -0.2) is 104 Å². The highest BCUT2D eigenvalue weighted by atomic mass is 128. The molecule has 0 spiro atoms. The Labute approximate surface area is 338 Å². The summed E-state index contributed by atoms with van der Waals surface area (Å²) in [7, 11) is 7.46. The number of esters is 1. The van der Waals surface area contributed by atoms with Crippen LogP contribution in [0.4, 0.5) is 24.0 Å². The van der Waals surface area contributed by atoms with E-state index in [9.17, 15) is 38.4 Å². The third-order valence-electron chi connectivity index (χ3n) is 7.48. The highest BCUT2D eigenvalue weighted by Gasteiger charge is 2.35. The molecule has 2 aliphatic rings. The zero-order valence-corrected chi connectivity index (χ0v) is 36.2. The molecule has 0 aromatic carbocycles. The third kappa shape index (κ3) is 29.6. The van der Waals surface area contributed by atoms with Crippen molar-refractivity contribution in [1.82, 2.24) is 16.0 Å². The minimum Gasteiger partial charge on any atom is -0.469 e. The molecule has 0 heterocycles. The molecule has 0 bridgehead atoms. The van der Waals surface area contributed by atoms with Crippen molar-refractivity contribution in [1.29, 1.82) is 0 Å². The van der Waals surface area contributed by atoms with Crippen LogP contribution >= 0.6 is 61.2 Å². The van der Waals surface area contributed by atoms with E-state index >= 15 is 0 Å². The van der Waals surface area contributed by atoms with Crippen LogP contribution in [0.15, 0.2) is 0 Å². The zero-order chi connectivity index (χ0) is 39.1. The van der Waals surface area contributed by atoms with Gasteiger partial charge in [0.2, 0.25) is 0 Å². The lowest BCUT2D eigenvalue weighted by Crippen LogP contribution is -2.53. The second-order valence-electron chi connectivity index (χ2n) is 10.4. The Hall–Kier alpha value is -2.65. The Morgan fingerprint density at radius 2 is 0.902 bits per heavy atom. The van der Waals surface area contributed by atoms with E-state index in [0.717, 1.165) is 38.3 Å². The maximum Gasteiger partial charge on any atom is 0.408 e. The summed E-state index contributed by atoms with van der Waals surface area (Å²) in [6.45, 7) is 0. The smallest absolute Gasteiger partial charge is 0.408 e. The first-order valence-corrected chi connectivity index (χ1v) is 21.4. The highest BCUT2D eigenvalue weighted by molar-refractivity contribution is 15.0. The Bertz CT molecular complexity index is 901. The summed E-state index contributed by atoms with van der Waals surface area (Å²) in [6, 6.07) is -0.429. The van der Waals surface area contributed by atoms with Gasteiger partial charge in [-0.05, 0) is 63.2 Å². The van der Waals surface area contributed by atoms with Crippen molar-refractivity contribution in [2.75, 3.05) is 42.7 Å². The van der Waals surface area contributed by atoms with E-state index in [1.807, 2.05) is 0 Å². The van der Waals surface area contributed by atoms with E-state index in [-0.39, 0.29) is 54.1 Å². The van der Waals surface area contributed by atoms with Crippen molar-refractivity contribution < 1.29 is 66.8 Å². The van der Waals surface area contributed by atoms with Crippen molar-refractivity contribution in [2.24, 2.45) is 35.1 Å². The van der Waals surface area contributed by atoms with Crippen LogP contribution in [-0.2, 0) is 42.8 Å². The molecule has 0 radical (unpaired) electrons. The molecular formula is C29H52I3N5O14. The Kier molecular flexibility index (Phi) is 38.6. The molecule has 7 N–H and O–H groups in total. The van der Waals surface area contributed by atoms with E-state index in [1.165, 1.54) is 42.7 Å². The molecule has 2 saturated carbocycles. The van der Waals surface area contributed by atoms with Gasteiger partial charge < -0.3 is 65.4 Å². The maximum absolute atomic E-state index is 11.7. The molecule has 2 aliphatic carbocycles. The summed E-state index contributed by atoms with van der Waals surface area (Å²) in [5.74, 6) is -0.00812. The molecule has 0 aliphatic heterocycles. The number of ether oxygens (including phenoxy) is 6. The predicted octanol–water partition coefficient (Wildman–Crippen LogP) is 4.12. The number of alkyl carbamates (subject to hydrolysis) is 3. The molecule has 1 atom stereocenters. The minimum atomic E-state index is -0.745. The summed E-state index contributed by atoms with van der Waals surface area (Å²) >= 11 is 4.24. The Morgan fingerprint density at radius 1 is 0.588 bits per heavy atom. The number of primary amides is 2. The fourth-order valence-electron chi connectivity index (χ4n) is 4.75. The number of rotatable bonds is 9. The van der Waals surface area contributed by atoms with Crippen LogP contribution in [0.5, 0.6) is 0 Å². The number of nitrogens with one attached hydrogen (secondary N) is 3. The lowest BCUT2D eigenvalue weighted by atomic mass is 9.76. The topological polar surface area (TPSA) is 280 Å². The summed E-state index contributed by atoms with van der Waals surface area (Å²) in [5, 5.41) is 7.87. The van der Waals surface area contributed by atoms with Gasteiger partial charge in [-0.15, -0.1) is 24.0 Å². The third-order valence-corrected chi connectivity index (χ3v) is 7.48. The minimum absolute atomic E-state index is 0. The van der Waals surface area contributed by atoms with Gasteiger partial charge in [0.05, 0.1) is 49.1 Å². The molecule has 0 saturated heterocycles. The van der Waals surface area contributed by atoms with Gasteiger partial charge in [-0.25, -0.2) is 24.0 Å². The van der Waals surface area contributed by atoms with Crippen molar-refractivity contribution in [3.8, 4) is 0 Å². The van der Waals surface area contributed by atoms with E-state index in [0.29, 0.717) is 25.7 Å². The number of carbonyl (C=O) groups is 8. The first-order chi connectivity index (χ1) is 23.7. The summed E-state index contributed by atoms with van der Waals surface area (Å²) in [6.07, 6.45) is 4.22. The van der Waals surface area contributed by atoms with Crippen LogP contribution in [0, 0.1) is 23.7 Å². The van der Waals surface area contributed by atoms with Gasteiger partial charge in [0.25, 0.3) is 0 Å². The average molecular weight is 1080 g/mol. The van der Waals surface area contributed by atoms with Gasteiger partial charge in [-0.1, -0.05) is 0 Å². The van der Waals surface area contributed by atoms with E-state index < -0.39 is 48.6 Å². The quantitative estimate of drug-likeness (QED) is 0.0715. The van der Waals surface area contributed by atoms with E-state index in [4.69, 9.17) is 4.74 Å². The van der Waals surface area contributed by atoms with Crippen molar-refractivity contribution in [2.45, 2.75) is 70.0 Å². The first-order valence-electron chi connectivity index (χ1n) is 15.1. The SMILES string of the molecule is COC(=O)CC(NC(=O)OC)C1CCC(C(NC(=O)OC)NC(=O)OC)CC1.COC(N)=O.COC(N)=O.I.II.O=CC1CCC(C=O)CC1.